The molecule has 1 heterocycles. The fraction of sp³-hybridized carbons (Fsp3) is 0.263. The number of rotatable bonds is 4. The Hall–Kier alpha value is -2.76. The van der Waals surface area contributed by atoms with Crippen molar-refractivity contribution < 1.29 is 18.4 Å². The Morgan fingerprint density at radius 3 is 2.64 bits per heavy atom. The van der Waals surface area contributed by atoms with Crippen molar-refractivity contribution >= 4 is 17.5 Å². The molecule has 2 aromatic rings. The van der Waals surface area contributed by atoms with E-state index in [9.17, 15) is 18.4 Å². The maximum absolute atomic E-state index is 13.3. The topological polar surface area (TPSA) is 49.4 Å². The molecule has 25 heavy (non-hydrogen) atoms. The Labute approximate surface area is 144 Å². The molecular formula is C19H18F2N2O2. The molecular weight excluding hydrogens is 326 g/mol. The number of halogens is 2. The maximum atomic E-state index is 13.3. The van der Waals surface area contributed by atoms with E-state index < -0.39 is 17.7 Å². The van der Waals surface area contributed by atoms with Crippen LogP contribution in [-0.2, 0) is 4.79 Å². The number of hydrogen-bond acceptors (Lipinski definition) is 2. The van der Waals surface area contributed by atoms with Crippen molar-refractivity contribution in [2.24, 2.45) is 0 Å². The van der Waals surface area contributed by atoms with Gasteiger partial charge in [0, 0.05) is 24.2 Å². The molecule has 0 radical (unpaired) electrons. The van der Waals surface area contributed by atoms with Gasteiger partial charge in [0.05, 0.1) is 6.04 Å². The molecule has 1 saturated heterocycles. The van der Waals surface area contributed by atoms with E-state index in [-0.39, 0.29) is 11.8 Å². The molecule has 1 N–H and O–H groups in total. The number of hydrogen-bond donors (Lipinski definition) is 1. The molecule has 0 spiro atoms. The highest BCUT2D eigenvalue weighted by Crippen LogP contribution is 2.23. The highest BCUT2D eigenvalue weighted by atomic mass is 19.2. The number of benzene rings is 2. The van der Waals surface area contributed by atoms with E-state index in [2.05, 4.69) is 5.32 Å². The molecule has 0 saturated carbocycles. The van der Waals surface area contributed by atoms with Crippen LogP contribution in [0.15, 0.2) is 42.5 Å². The number of anilines is 1. The third kappa shape index (κ3) is 3.68. The maximum Gasteiger partial charge on any atom is 0.251 e. The van der Waals surface area contributed by atoms with Gasteiger partial charge in [-0.05, 0) is 49.2 Å². The van der Waals surface area contributed by atoms with Crippen LogP contribution >= 0.6 is 0 Å². The van der Waals surface area contributed by atoms with E-state index in [4.69, 9.17) is 0 Å². The van der Waals surface area contributed by atoms with Crippen LogP contribution in [0.5, 0.6) is 0 Å². The summed E-state index contributed by atoms with van der Waals surface area (Å²) in [4.78, 5) is 25.9. The summed E-state index contributed by atoms with van der Waals surface area (Å²) in [7, 11) is 0. The molecule has 2 aromatic carbocycles. The summed E-state index contributed by atoms with van der Waals surface area (Å²) < 4.78 is 26.4. The minimum absolute atomic E-state index is 0.0488. The second kappa shape index (κ2) is 7.01. The normalized spacial score (nSPS) is 15.3. The molecule has 0 unspecified atom stereocenters. The lowest BCUT2D eigenvalue weighted by atomic mass is 10.1. The summed E-state index contributed by atoms with van der Waals surface area (Å²) in [6.45, 7) is 2.34. The second-order valence-electron chi connectivity index (χ2n) is 6.07. The van der Waals surface area contributed by atoms with E-state index in [1.807, 2.05) is 0 Å². The van der Waals surface area contributed by atoms with Gasteiger partial charge in [0.2, 0.25) is 5.91 Å². The van der Waals surface area contributed by atoms with Gasteiger partial charge < -0.3 is 10.2 Å². The largest absolute Gasteiger partial charge is 0.346 e. The standard InChI is InChI=1S/C19H18F2N2O2/c1-12(13-7-8-16(20)17(21)11-13)22-19(25)14-4-2-5-15(10-14)23-9-3-6-18(23)24/h2,4-5,7-8,10-12H,3,6,9H2,1H3,(H,22,25)/t12-/m1/s1. The van der Waals surface area contributed by atoms with Crippen LogP contribution in [-0.4, -0.2) is 18.4 Å². The van der Waals surface area contributed by atoms with Gasteiger partial charge in [-0.25, -0.2) is 8.78 Å². The first-order valence-corrected chi connectivity index (χ1v) is 8.12. The zero-order chi connectivity index (χ0) is 18.0. The minimum atomic E-state index is -0.951. The number of amides is 2. The van der Waals surface area contributed by atoms with E-state index in [1.54, 1.807) is 36.1 Å². The number of carbonyl (C=O) groups excluding carboxylic acids is 2. The van der Waals surface area contributed by atoms with E-state index in [1.165, 1.54) is 6.07 Å². The predicted octanol–water partition coefficient (Wildman–Crippen LogP) is 3.58. The Balaban J connectivity index is 1.74. The summed E-state index contributed by atoms with van der Waals surface area (Å²) >= 11 is 0. The molecule has 2 amide bonds. The summed E-state index contributed by atoms with van der Waals surface area (Å²) in [5.74, 6) is -2.17. The zero-order valence-electron chi connectivity index (χ0n) is 13.8. The zero-order valence-corrected chi connectivity index (χ0v) is 13.8. The van der Waals surface area contributed by atoms with Crippen LogP contribution < -0.4 is 10.2 Å². The molecule has 1 fully saturated rings. The van der Waals surface area contributed by atoms with Crippen LogP contribution in [0.25, 0.3) is 0 Å². The van der Waals surface area contributed by atoms with Gasteiger partial charge in [-0.3, -0.25) is 9.59 Å². The average molecular weight is 344 g/mol. The van der Waals surface area contributed by atoms with Crippen molar-refractivity contribution in [1.29, 1.82) is 0 Å². The number of nitrogens with zero attached hydrogens (tertiary/aromatic N) is 1. The molecule has 1 atom stereocenters. The molecule has 4 nitrogen and oxygen atoms in total. The van der Waals surface area contributed by atoms with Gasteiger partial charge in [0.1, 0.15) is 0 Å². The molecule has 3 rings (SSSR count). The van der Waals surface area contributed by atoms with Crippen LogP contribution in [0.2, 0.25) is 0 Å². The third-order valence-electron chi connectivity index (χ3n) is 4.28. The first-order chi connectivity index (χ1) is 12.0. The SMILES string of the molecule is C[C@@H](NC(=O)c1cccc(N2CCCC2=O)c1)c1ccc(F)c(F)c1. The summed E-state index contributed by atoms with van der Waals surface area (Å²) in [6.07, 6.45) is 1.33. The first kappa shape index (κ1) is 17.1. The Bertz CT molecular complexity index is 823. The lowest BCUT2D eigenvalue weighted by molar-refractivity contribution is -0.117. The lowest BCUT2D eigenvalue weighted by Crippen LogP contribution is -2.28. The van der Waals surface area contributed by atoms with E-state index in [0.717, 1.165) is 18.6 Å². The van der Waals surface area contributed by atoms with Gasteiger partial charge in [-0.15, -0.1) is 0 Å². The molecule has 130 valence electrons. The second-order valence-corrected chi connectivity index (χ2v) is 6.07. The fourth-order valence-corrected chi connectivity index (χ4v) is 2.88. The van der Waals surface area contributed by atoms with Crippen molar-refractivity contribution in [3.63, 3.8) is 0 Å². The van der Waals surface area contributed by atoms with Gasteiger partial charge >= 0.3 is 0 Å². The summed E-state index contributed by atoms with van der Waals surface area (Å²) in [5, 5.41) is 2.76. The molecule has 1 aliphatic rings. The number of nitrogens with one attached hydrogen (secondary N) is 1. The van der Waals surface area contributed by atoms with Crippen molar-refractivity contribution in [2.75, 3.05) is 11.4 Å². The van der Waals surface area contributed by atoms with Gasteiger partial charge in [-0.2, -0.15) is 0 Å². The van der Waals surface area contributed by atoms with Crippen molar-refractivity contribution in [2.45, 2.75) is 25.8 Å². The Morgan fingerprint density at radius 1 is 1.16 bits per heavy atom. The highest BCUT2D eigenvalue weighted by molar-refractivity contribution is 5.99. The third-order valence-corrected chi connectivity index (χ3v) is 4.28. The average Bonchev–Trinajstić information content (AvgIpc) is 3.03. The molecule has 0 bridgehead atoms. The van der Waals surface area contributed by atoms with Crippen molar-refractivity contribution in [3.8, 4) is 0 Å². The van der Waals surface area contributed by atoms with Crippen LogP contribution in [0.4, 0.5) is 14.5 Å². The summed E-state index contributed by atoms with van der Waals surface area (Å²) in [5.41, 5.74) is 1.57. The highest BCUT2D eigenvalue weighted by Gasteiger charge is 2.22. The summed E-state index contributed by atoms with van der Waals surface area (Å²) in [6, 6.07) is 9.87. The van der Waals surface area contributed by atoms with Crippen molar-refractivity contribution in [1.82, 2.24) is 5.32 Å². The Kier molecular flexibility index (Phi) is 4.79. The smallest absolute Gasteiger partial charge is 0.251 e. The monoisotopic (exact) mass is 344 g/mol. The van der Waals surface area contributed by atoms with Crippen LogP contribution in [0.1, 0.15) is 41.7 Å². The predicted molar refractivity (Wildman–Crippen MR) is 90.3 cm³/mol. The van der Waals surface area contributed by atoms with E-state index in [0.29, 0.717) is 29.8 Å². The molecule has 1 aliphatic heterocycles. The quantitative estimate of drug-likeness (QED) is 0.922. The van der Waals surface area contributed by atoms with Crippen LogP contribution in [0.3, 0.4) is 0 Å². The minimum Gasteiger partial charge on any atom is -0.346 e. The van der Waals surface area contributed by atoms with Crippen LogP contribution in [0, 0.1) is 11.6 Å². The van der Waals surface area contributed by atoms with Gasteiger partial charge in [0.25, 0.3) is 5.91 Å². The fourth-order valence-electron chi connectivity index (χ4n) is 2.88. The van der Waals surface area contributed by atoms with Gasteiger partial charge in [-0.1, -0.05) is 12.1 Å². The molecule has 0 aliphatic carbocycles. The molecule has 0 aromatic heterocycles. The molecule has 6 heteroatoms. The van der Waals surface area contributed by atoms with E-state index >= 15 is 0 Å². The van der Waals surface area contributed by atoms with Crippen molar-refractivity contribution in [3.05, 3.63) is 65.2 Å². The Morgan fingerprint density at radius 2 is 1.96 bits per heavy atom. The lowest BCUT2D eigenvalue weighted by Gasteiger charge is -2.18. The van der Waals surface area contributed by atoms with Gasteiger partial charge in [0.15, 0.2) is 11.6 Å². The number of carbonyl (C=O) groups is 2. The first-order valence-electron chi connectivity index (χ1n) is 8.12.